The van der Waals surface area contributed by atoms with Gasteiger partial charge >= 0.3 is 0 Å². The normalized spacial score (nSPS) is 12.4. The van der Waals surface area contributed by atoms with Crippen LogP contribution in [-0.4, -0.2) is 7.05 Å². The molecule has 0 radical (unpaired) electrons. The van der Waals surface area contributed by atoms with Gasteiger partial charge in [0.2, 0.25) is 0 Å². The molecule has 2 aromatic carbocycles. The molecule has 0 saturated carbocycles. The Balaban J connectivity index is 2.30. The van der Waals surface area contributed by atoms with Crippen molar-refractivity contribution in [1.82, 2.24) is 5.32 Å². The lowest BCUT2D eigenvalue weighted by atomic mass is 9.99. The van der Waals surface area contributed by atoms with Crippen LogP contribution in [0.5, 0.6) is 0 Å². The zero-order valence-electron chi connectivity index (χ0n) is 10.5. The van der Waals surface area contributed by atoms with E-state index in [0.717, 1.165) is 26.0 Å². The number of likely N-dealkylation sites (N-methyl/N-ethyl adjacent to an activating group) is 1. The van der Waals surface area contributed by atoms with Crippen LogP contribution in [0.1, 0.15) is 17.2 Å². The lowest BCUT2D eigenvalue weighted by molar-refractivity contribution is 0.589. The van der Waals surface area contributed by atoms with Crippen LogP contribution in [0, 0.1) is 0 Å². The molecule has 19 heavy (non-hydrogen) atoms. The Labute approximate surface area is 135 Å². The summed E-state index contributed by atoms with van der Waals surface area (Å²) in [6, 6.07) is 14.4. The molecule has 0 saturated heterocycles. The van der Waals surface area contributed by atoms with Gasteiger partial charge in [-0.25, -0.2) is 0 Å². The molecule has 2 rings (SSSR count). The van der Waals surface area contributed by atoms with Gasteiger partial charge in [0.25, 0.3) is 0 Å². The van der Waals surface area contributed by atoms with Crippen molar-refractivity contribution in [3.8, 4) is 0 Å². The maximum Gasteiger partial charge on any atom is 0.0438 e. The van der Waals surface area contributed by atoms with Crippen LogP contribution in [0.2, 0.25) is 5.02 Å². The van der Waals surface area contributed by atoms with Crippen molar-refractivity contribution in [1.29, 1.82) is 0 Å². The number of rotatable bonds is 4. The van der Waals surface area contributed by atoms with Crippen LogP contribution in [0.3, 0.4) is 0 Å². The van der Waals surface area contributed by atoms with Gasteiger partial charge in [-0.2, -0.15) is 0 Å². The summed E-state index contributed by atoms with van der Waals surface area (Å²) in [5.41, 5.74) is 2.37. The first kappa shape index (κ1) is 15.0. The van der Waals surface area contributed by atoms with E-state index in [1.165, 1.54) is 5.56 Å². The first-order chi connectivity index (χ1) is 9.11. The number of nitrogens with one attached hydrogen (secondary N) is 1. The molecule has 0 amide bonds. The van der Waals surface area contributed by atoms with E-state index in [1.807, 2.05) is 31.3 Å². The van der Waals surface area contributed by atoms with E-state index in [1.54, 1.807) is 0 Å². The third-order valence-corrected chi connectivity index (χ3v) is 4.65. The fourth-order valence-corrected chi connectivity index (χ4v) is 3.15. The molecule has 1 atom stereocenters. The third kappa shape index (κ3) is 3.82. The summed E-state index contributed by atoms with van der Waals surface area (Å²) in [6.07, 6.45) is 0.852. The quantitative estimate of drug-likeness (QED) is 0.724. The van der Waals surface area contributed by atoms with Gasteiger partial charge in [-0.05, 0) is 48.9 Å². The summed E-state index contributed by atoms with van der Waals surface area (Å²) in [6.45, 7) is 0. The first-order valence-corrected chi connectivity index (χ1v) is 7.94. The second kappa shape index (κ2) is 6.89. The van der Waals surface area contributed by atoms with Crippen LogP contribution in [0.15, 0.2) is 51.4 Å². The molecule has 1 nitrogen and oxygen atoms in total. The third-order valence-electron chi connectivity index (χ3n) is 3.06. The van der Waals surface area contributed by atoms with Crippen molar-refractivity contribution in [2.45, 2.75) is 12.5 Å². The van der Waals surface area contributed by atoms with E-state index in [-0.39, 0.29) is 6.04 Å². The van der Waals surface area contributed by atoms with Crippen molar-refractivity contribution in [2.24, 2.45) is 0 Å². The van der Waals surface area contributed by atoms with Crippen LogP contribution in [-0.2, 0) is 6.42 Å². The summed E-state index contributed by atoms with van der Waals surface area (Å²) in [4.78, 5) is 0. The number of halogens is 3. The maximum absolute atomic E-state index is 6.24. The standard InChI is InChI=1S/C15H14Br2ClN/c1-19-15(8-10-4-2-3-5-14(10)18)12-9-11(16)6-7-13(12)17/h2-7,9,15,19H,8H2,1H3. The Morgan fingerprint density at radius 2 is 1.89 bits per heavy atom. The Hall–Kier alpha value is -0.350. The van der Waals surface area contributed by atoms with Gasteiger partial charge in [0.05, 0.1) is 0 Å². The Morgan fingerprint density at radius 1 is 1.16 bits per heavy atom. The minimum Gasteiger partial charge on any atom is -0.313 e. The average Bonchev–Trinajstić information content (AvgIpc) is 2.41. The minimum atomic E-state index is 0.215. The lowest BCUT2D eigenvalue weighted by Gasteiger charge is -2.19. The van der Waals surface area contributed by atoms with E-state index in [9.17, 15) is 0 Å². The number of benzene rings is 2. The molecule has 0 aliphatic carbocycles. The fourth-order valence-electron chi connectivity index (χ4n) is 2.03. The van der Waals surface area contributed by atoms with Gasteiger partial charge in [0, 0.05) is 20.0 Å². The van der Waals surface area contributed by atoms with Gasteiger partial charge < -0.3 is 5.32 Å². The van der Waals surface area contributed by atoms with Gasteiger partial charge in [0.1, 0.15) is 0 Å². The van der Waals surface area contributed by atoms with Gasteiger partial charge in [-0.15, -0.1) is 0 Å². The Morgan fingerprint density at radius 3 is 2.58 bits per heavy atom. The summed E-state index contributed by atoms with van der Waals surface area (Å²) in [7, 11) is 1.97. The van der Waals surface area contributed by atoms with Gasteiger partial charge in [-0.1, -0.05) is 61.7 Å². The maximum atomic E-state index is 6.24. The van der Waals surface area contributed by atoms with Crippen molar-refractivity contribution in [3.63, 3.8) is 0 Å². The molecule has 4 heteroatoms. The summed E-state index contributed by atoms with van der Waals surface area (Å²) >= 11 is 13.4. The van der Waals surface area contributed by atoms with Crippen LogP contribution >= 0.6 is 43.5 Å². The number of hydrogen-bond acceptors (Lipinski definition) is 1. The predicted octanol–water partition coefficient (Wildman–Crippen LogP) is 5.37. The Kier molecular flexibility index (Phi) is 5.46. The smallest absolute Gasteiger partial charge is 0.0438 e. The molecule has 2 aromatic rings. The highest BCUT2D eigenvalue weighted by molar-refractivity contribution is 9.11. The van der Waals surface area contributed by atoms with E-state index < -0.39 is 0 Å². The molecule has 0 fully saturated rings. The summed E-state index contributed by atoms with van der Waals surface area (Å²) in [5.74, 6) is 0. The SMILES string of the molecule is CNC(Cc1ccccc1Cl)c1cc(Br)ccc1Br. The second-order valence-electron chi connectivity index (χ2n) is 4.30. The molecule has 100 valence electrons. The average molecular weight is 404 g/mol. The van der Waals surface area contributed by atoms with E-state index in [2.05, 4.69) is 55.4 Å². The topological polar surface area (TPSA) is 12.0 Å². The van der Waals surface area contributed by atoms with E-state index in [0.29, 0.717) is 0 Å². The molecule has 1 unspecified atom stereocenters. The highest BCUT2D eigenvalue weighted by Crippen LogP contribution is 2.30. The summed E-state index contributed by atoms with van der Waals surface area (Å²) < 4.78 is 2.17. The molecule has 0 aliphatic heterocycles. The Bertz CT molecular complexity index is 572. The molecule has 0 bridgehead atoms. The van der Waals surface area contributed by atoms with Crippen molar-refractivity contribution >= 4 is 43.5 Å². The summed E-state index contributed by atoms with van der Waals surface area (Å²) in [5, 5.41) is 4.17. The molecular weight excluding hydrogens is 389 g/mol. The second-order valence-corrected chi connectivity index (χ2v) is 6.48. The van der Waals surface area contributed by atoms with Gasteiger partial charge in [0.15, 0.2) is 0 Å². The highest BCUT2D eigenvalue weighted by atomic mass is 79.9. The van der Waals surface area contributed by atoms with E-state index in [4.69, 9.17) is 11.6 Å². The number of hydrogen-bond donors (Lipinski definition) is 1. The molecular formula is C15H14Br2ClN. The van der Waals surface area contributed by atoms with Crippen LogP contribution < -0.4 is 5.32 Å². The van der Waals surface area contributed by atoms with Gasteiger partial charge in [-0.3, -0.25) is 0 Å². The molecule has 0 aliphatic rings. The molecule has 1 N–H and O–H groups in total. The van der Waals surface area contributed by atoms with Crippen molar-refractivity contribution in [3.05, 3.63) is 67.6 Å². The fraction of sp³-hybridized carbons (Fsp3) is 0.200. The first-order valence-electron chi connectivity index (χ1n) is 5.97. The molecule has 0 spiro atoms. The van der Waals surface area contributed by atoms with Crippen molar-refractivity contribution in [2.75, 3.05) is 7.05 Å². The zero-order valence-corrected chi connectivity index (χ0v) is 14.4. The van der Waals surface area contributed by atoms with Crippen LogP contribution in [0.4, 0.5) is 0 Å². The monoisotopic (exact) mass is 401 g/mol. The van der Waals surface area contributed by atoms with E-state index >= 15 is 0 Å². The minimum absolute atomic E-state index is 0.215. The molecule has 0 aromatic heterocycles. The molecule has 0 heterocycles. The van der Waals surface area contributed by atoms with Crippen molar-refractivity contribution < 1.29 is 0 Å². The van der Waals surface area contributed by atoms with Crippen LogP contribution in [0.25, 0.3) is 0 Å². The zero-order chi connectivity index (χ0) is 13.8. The predicted molar refractivity (Wildman–Crippen MR) is 88.8 cm³/mol. The lowest BCUT2D eigenvalue weighted by Crippen LogP contribution is -2.19. The largest absolute Gasteiger partial charge is 0.313 e. The highest BCUT2D eigenvalue weighted by Gasteiger charge is 2.15.